The SMILES string of the molecule is CC(C)C(CN(C)C)n1c(=S)[nH]c2c(C#N)cccc21. The van der Waals surface area contributed by atoms with Gasteiger partial charge in [0.15, 0.2) is 4.77 Å². The van der Waals surface area contributed by atoms with Gasteiger partial charge < -0.3 is 14.5 Å². The molecule has 0 aliphatic heterocycles. The molecule has 0 spiro atoms. The topological polar surface area (TPSA) is 47.8 Å². The molecule has 1 atom stereocenters. The first-order chi connectivity index (χ1) is 9.45. The van der Waals surface area contributed by atoms with Gasteiger partial charge in [-0.05, 0) is 44.4 Å². The Bertz CT molecular complexity index is 703. The minimum atomic E-state index is 0.278. The maximum absolute atomic E-state index is 9.21. The summed E-state index contributed by atoms with van der Waals surface area (Å²) in [6.45, 7) is 5.31. The summed E-state index contributed by atoms with van der Waals surface area (Å²) in [4.78, 5) is 5.36. The molecule has 1 aromatic carbocycles. The van der Waals surface area contributed by atoms with E-state index >= 15 is 0 Å². The van der Waals surface area contributed by atoms with Gasteiger partial charge in [-0.25, -0.2) is 0 Å². The summed E-state index contributed by atoms with van der Waals surface area (Å²) in [7, 11) is 4.13. The molecule has 2 aromatic rings. The third-order valence-corrected chi connectivity index (χ3v) is 3.83. The van der Waals surface area contributed by atoms with Crippen LogP contribution in [-0.4, -0.2) is 35.1 Å². The highest BCUT2D eigenvalue weighted by Crippen LogP contribution is 2.26. The molecule has 2 rings (SSSR count). The molecule has 0 radical (unpaired) electrons. The quantitative estimate of drug-likeness (QED) is 0.878. The Morgan fingerprint density at radius 2 is 2.10 bits per heavy atom. The normalized spacial score (nSPS) is 13.1. The monoisotopic (exact) mass is 288 g/mol. The summed E-state index contributed by atoms with van der Waals surface area (Å²) in [6.07, 6.45) is 0. The Morgan fingerprint density at radius 3 is 2.65 bits per heavy atom. The smallest absolute Gasteiger partial charge is 0.178 e. The Labute approximate surface area is 124 Å². The van der Waals surface area contributed by atoms with Gasteiger partial charge in [0.05, 0.1) is 22.6 Å². The number of nitriles is 1. The molecule has 20 heavy (non-hydrogen) atoms. The second kappa shape index (κ2) is 5.78. The van der Waals surface area contributed by atoms with Crippen molar-refractivity contribution in [2.24, 2.45) is 5.92 Å². The number of para-hydroxylation sites is 1. The second-order valence-electron chi connectivity index (χ2n) is 5.69. The summed E-state index contributed by atoms with van der Waals surface area (Å²) < 4.78 is 2.83. The van der Waals surface area contributed by atoms with Crippen LogP contribution in [0.1, 0.15) is 25.5 Å². The number of benzene rings is 1. The number of likely N-dealkylation sites (N-methyl/N-ethyl adjacent to an activating group) is 1. The van der Waals surface area contributed by atoms with Crippen LogP contribution >= 0.6 is 12.2 Å². The maximum Gasteiger partial charge on any atom is 0.178 e. The number of rotatable bonds is 4. The minimum Gasteiger partial charge on any atom is -0.329 e. The van der Waals surface area contributed by atoms with Crippen LogP contribution in [0, 0.1) is 22.0 Å². The number of hydrogen-bond acceptors (Lipinski definition) is 3. The summed E-state index contributed by atoms with van der Waals surface area (Å²) in [5.41, 5.74) is 2.48. The number of aromatic nitrogens is 2. The lowest BCUT2D eigenvalue weighted by Gasteiger charge is -2.26. The van der Waals surface area contributed by atoms with E-state index in [2.05, 4.69) is 48.5 Å². The van der Waals surface area contributed by atoms with Gasteiger partial charge in [0.2, 0.25) is 0 Å². The van der Waals surface area contributed by atoms with E-state index in [1.165, 1.54) is 0 Å². The molecule has 0 bridgehead atoms. The largest absolute Gasteiger partial charge is 0.329 e. The molecule has 0 amide bonds. The average molecular weight is 288 g/mol. The van der Waals surface area contributed by atoms with Crippen molar-refractivity contribution in [3.63, 3.8) is 0 Å². The Hall–Kier alpha value is -1.64. The van der Waals surface area contributed by atoms with Crippen LogP contribution in [0.3, 0.4) is 0 Å². The lowest BCUT2D eigenvalue weighted by molar-refractivity contribution is 0.272. The van der Waals surface area contributed by atoms with Crippen molar-refractivity contribution in [3.05, 3.63) is 28.5 Å². The van der Waals surface area contributed by atoms with E-state index in [9.17, 15) is 5.26 Å². The van der Waals surface area contributed by atoms with Crippen LogP contribution in [0.2, 0.25) is 0 Å². The van der Waals surface area contributed by atoms with Gasteiger partial charge in [0.1, 0.15) is 6.07 Å². The van der Waals surface area contributed by atoms with Crippen molar-refractivity contribution in [2.45, 2.75) is 19.9 Å². The van der Waals surface area contributed by atoms with E-state index in [0.717, 1.165) is 17.6 Å². The van der Waals surface area contributed by atoms with Crippen molar-refractivity contribution in [1.29, 1.82) is 5.26 Å². The number of aromatic amines is 1. The summed E-state index contributed by atoms with van der Waals surface area (Å²) in [5.74, 6) is 0.453. The van der Waals surface area contributed by atoms with Gasteiger partial charge in [-0.1, -0.05) is 19.9 Å². The molecule has 1 aromatic heterocycles. The van der Waals surface area contributed by atoms with Gasteiger partial charge in [-0.15, -0.1) is 0 Å². The summed E-state index contributed by atoms with van der Waals surface area (Å²) in [6, 6.07) is 8.24. The fourth-order valence-corrected chi connectivity index (χ4v) is 2.87. The third kappa shape index (κ3) is 2.62. The fourth-order valence-electron chi connectivity index (χ4n) is 2.54. The number of imidazole rings is 1. The molecular weight excluding hydrogens is 268 g/mol. The Morgan fingerprint density at radius 1 is 1.40 bits per heavy atom. The molecular formula is C15H20N4S. The number of nitrogens with one attached hydrogen (secondary N) is 1. The third-order valence-electron chi connectivity index (χ3n) is 3.53. The van der Waals surface area contributed by atoms with Crippen LogP contribution in [-0.2, 0) is 0 Å². The van der Waals surface area contributed by atoms with Gasteiger partial charge in [-0.2, -0.15) is 5.26 Å². The van der Waals surface area contributed by atoms with E-state index in [4.69, 9.17) is 12.2 Å². The van der Waals surface area contributed by atoms with Crippen molar-refractivity contribution in [2.75, 3.05) is 20.6 Å². The zero-order valence-electron chi connectivity index (χ0n) is 12.3. The first-order valence-electron chi connectivity index (χ1n) is 6.73. The van der Waals surface area contributed by atoms with Crippen LogP contribution in [0.25, 0.3) is 11.0 Å². The molecule has 0 saturated heterocycles. The molecule has 0 saturated carbocycles. The number of fused-ring (bicyclic) bond motifs is 1. The molecule has 5 heteroatoms. The number of hydrogen-bond donors (Lipinski definition) is 1. The molecule has 0 aliphatic rings. The number of H-pyrrole nitrogens is 1. The van der Waals surface area contributed by atoms with Crippen LogP contribution < -0.4 is 0 Å². The molecule has 1 unspecified atom stereocenters. The fraction of sp³-hybridized carbons (Fsp3) is 0.467. The van der Waals surface area contributed by atoms with Gasteiger partial charge >= 0.3 is 0 Å². The summed E-state index contributed by atoms with van der Waals surface area (Å²) >= 11 is 5.49. The van der Waals surface area contributed by atoms with Crippen LogP contribution in [0.4, 0.5) is 0 Å². The highest BCUT2D eigenvalue weighted by atomic mass is 32.1. The van der Waals surface area contributed by atoms with E-state index in [0.29, 0.717) is 16.3 Å². The molecule has 106 valence electrons. The standard InChI is InChI=1S/C15H20N4S/c1-10(2)13(9-18(3)4)19-12-7-5-6-11(8-16)14(12)17-15(19)20/h5-7,10,13H,9H2,1-4H3,(H,17,20). The highest BCUT2D eigenvalue weighted by molar-refractivity contribution is 7.71. The van der Waals surface area contributed by atoms with Crippen LogP contribution in [0.5, 0.6) is 0 Å². The molecule has 1 N–H and O–H groups in total. The maximum atomic E-state index is 9.21. The first kappa shape index (κ1) is 14.8. The lowest BCUT2D eigenvalue weighted by atomic mass is 10.0. The Kier molecular flexibility index (Phi) is 4.26. The van der Waals surface area contributed by atoms with Gasteiger partial charge in [0, 0.05) is 6.54 Å². The zero-order valence-corrected chi connectivity index (χ0v) is 13.2. The summed E-state index contributed by atoms with van der Waals surface area (Å²) in [5, 5.41) is 9.21. The van der Waals surface area contributed by atoms with E-state index in [1.807, 2.05) is 18.2 Å². The molecule has 0 aliphatic carbocycles. The average Bonchev–Trinajstić information content (AvgIpc) is 2.71. The Balaban J connectivity index is 2.67. The van der Waals surface area contributed by atoms with Gasteiger partial charge in [0.25, 0.3) is 0 Å². The molecule has 4 nitrogen and oxygen atoms in total. The minimum absolute atomic E-state index is 0.278. The van der Waals surface area contributed by atoms with E-state index in [1.54, 1.807) is 0 Å². The predicted octanol–water partition coefficient (Wildman–Crippen LogP) is 3.33. The van der Waals surface area contributed by atoms with Gasteiger partial charge in [-0.3, -0.25) is 0 Å². The van der Waals surface area contributed by atoms with Crippen LogP contribution in [0.15, 0.2) is 18.2 Å². The molecule has 0 fully saturated rings. The van der Waals surface area contributed by atoms with Crippen molar-refractivity contribution >= 4 is 23.3 Å². The van der Waals surface area contributed by atoms with E-state index < -0.39 is 0 Å². The predicted molar refractivity (Wildman–Crippen MR) is 84.3 cm³/mol. The van der Waals surface area contributed by atoms with E-state index in [-0.39, 0.29) is 6.04 Å². The zero-order chi connectivity index (χ0) is 14.9. The first-order valence-corrected chi connectivity index (χ1v) is 7.14. The highest BCUT2D eigenvalue weighted by Gasteiger charge is 2.20. The van der Waals surface area contributed by atoms with Crippen molar-refractivity contribution in [1.82, 2.24) is 14.5 Å². The lowest BCUT2D eigenvalue weighted by Crippen LogP contribution is -2.28. The molecule has 1 heterocycles. The second-order valence-corrected chi connectivity index (χ2v) is 6.07. The van der Waals surface area contributed by atoms with Crippen molar-refractivity contribution < 1.29 is 0 Å². The van der Waals surface area contributed by atoms with Crippen molar-refractivity contribution in [3.8, 4) is 6.07 Å². The number of nitrogens with zero attached hydrogens (tertiary/aromatic N) is 3.